The maximum atomic E-state index is 12.2. The maximum absolute atomic E-state index is 12.2. The number of urea groups is 1. The van der Waals surface area contributed by atoms with Crippen molar-refractivity contribution in [1.82, 2.24) is 4.90 Å². The van der Waals surface area contributed by atoms with E-state index in [2.05, 4.69) is 0 Å². The Bertz CT molecular complexity index is 535. The van der Waals surface area contributed by atoms with Gasteiger partial charge in [-0.05, 0) is 36.4 Å². The summed E-state index contributed by atoms with van der Waals surface area (Å²) in [6.45, 7) is 0.381. The van der Waals surface area contributed by atoms with E-state index in [-0.39, 0.29) is 6.03 Å². The molecule has 0 spiro atoms. The molecule has 0 N–H and O–H groups in total. The molecule has 2 rings (SSSR count). The molecule has 2 aromatic rings. The molecule has 4 nitrogen and oxygen atoms in total. The van der Waals surface area contributed by atoms with E-state index < -0.39 is 0 Å². The van der Waals surface area contributed by atoms with Crippen LogP contribution >= 0.6 is 11.6 Å². The van der Waals surface area contributed by atoms with Gasteiger partial charge in [0.25, 0.3) is 0 Å². The molecule has 5 heteroatoms. The summed E-state index contributed by atoms with van der Waals surface area (Å²) in [6, 6.07) is 10.7. The average Bonchev–Trinajstić information content (AvgIpc) is 2.89. The first-order chi connectivity index (χ1) is 9.08. The normalized spacial score (nSPS) is 10.3. The van der Waals surface area contributed by atoms with Gasteiger partial charge in [-0.1, -0.05) is 11.6 Å². The fraction of sp³-hybridized carbons (Fsp3) is 0.214. The van der Waals surface area contributed by atoms with Crippen LogP contribution < -0.4 is 4.90 Å². The second-order valence-corrected chi connectivity index (χ2v) is 4.76. The fourth-order valence-electron chi connectivity index (χ4n) is 1.69. The molecule has 1 aromatic heterocycles. The molecule has 0 atom stereocenters. The van der Waals surface area contributed by atoms with Crippen LogP contribution in [0.25, 0.3) is 0 Å². The Labute approximate surface area is 117 Å². The standard InChI is InChI=1S/C14H15ClN2O2/c1-16(2)14(18)17(10-13-4-3-9-19-13)12-7-5-11(15)6-8-12/h3-9H,10H2,1-2H3. The molecule has 0 aliphatic rings. The lowest BCUT2D eigenvalue weighted by Crippen LogP contribution is -2.38. The zero-order valence-electron chi connectivity index (χ0n) is 10.8. The molecular formula is C14H15ClN2O2. The summed E-state index contributed by atoms with van der Waals surface area (Å²) in [5.74, 6) is 0.727. The van der Waals surface area contributed by atoms with Gasteiger partial charge in [0.15, 0.2) is 0 Å². The predicted octanol–water partition coefficient (Wildman–Crippen LogP) is 3.62. The fourth-order valence-corrected chi connectivity index (χ4v) is 1.82. The van der Waals surface area contributed by atoms with Crippen LogP contribution in [0.1, 0.15) is 5.76 Å². The predicted molar refractivity (Wildman–Crippen MR) is 75.4 cm³/mol. The molecule has 2 amide bonds. The van der Waals surface area contributed by atoms with Gasteiger partial charge in [0.2, 0.25) is 0 Å². The van der Waals surface area contributed by atoms with E-state index in [0.717, 1.165) is 11.4 Å². The van der Waals surface area contributed by atoms with Crippen LogP contribution in [0.3, 0.4) is 0 Å². The summed E-state index contributed by atoms with van der Waals surface area (Å²) in [6.07, 6.45) is 1.59. The van der Waals surface area contributed by atoms with Crippen molar-refractivity contribution in [3.63, 3.8) is 0 Å². The van der Waals surface area contributed by atoms with Gasteiger partial charge in [-0.25, -0.2) is 4.79 Å². The number of benzene rings is 1. The minimum absolute atomic E-state index is 0.112. The number of amides is 2. The third-order valence-corrected chi connectivity index (χ3v) is 2.90. The van der Waals surface area contributed by atoms with E-state index in [4.69, 9.17) is 16.0 Å². The topological polar surface area (TPSA) is 36.7 Å². The van der Waals surface area contributed by atoms with Crippen molar-refractivity contribution in [2.45, 2.75) is 6.54 Å². The van der Waals surface area contributed by atoms with Crippen molar-refractivity contribution in [1.29, 1.82) is 0 Å². The third-order valence-electron chi connectivity index (χ3n) is 2.65. The molecule has 0 unspecified atom stereocenters. The lowest BCUT2D eigenvalue weighted by atomic mass is 10.3. The number of anilines is 1. The first-order valence-corrected chi connectivity index (χ1v) is 6.22. The van der Waals surface area contributed by atoms with Gasteiger partial charge in [0, 0.05) is 24.8 Å². The van der Waals surface area contributed by atoms with Crippen molar-refractivity contribution < 1.29 is 9.21 Å². The number of hydrogen-bond acceptors (Lipinski definition) is 2. The Kier molecular flexibility index (Phi) is 4.12. The lowest BCUT2D eigenvalue weighted by molar-refractivity contribution is 0.223. The van der Waals surface area contributed by atoms with Crippen LogP contribution in [0.15, 0.2) is 47.1 Å². The van der Waals surface area contributed by atoms with E-state index in [0.29, 0.717) is 11.6 Å². The molecular weight excluding hydrogens is 264 g/mol. The van der Waals surface area contributed by atoms with Crippen LogP contribution in [-0.4, -0.2) is 25.0 Å². The second-order valence-electron chi connectivity index (χ2n) is 4.32. The van der Waals surface area contributed by atoms with Crippen molar-refractivity contribution in [2.75, 3.05) is 19.0 Å². The minimum Gasteiger partial charge on any atom is -0.467 e. The van der Waals surface area contributed by atoms with Crippen LogP contribution in [0.4, 0.5) is 10.5 Å². The number of rotatable bonds is 3. The molecule has 0 saturated carbocycles. The summed E-state index contributed by atoms with van der Waals surface area (Å²) in [4.78, 5) is 15.4. The van der Waals surface area contributed by atoms with E-state index in [1.54, 1.807) is 43.5 Å². The summed E-state index contributed by atoms with van der Waals surface area (Å²) in [7, 11) is 3.43. The Balaban J connectivity index is 2.28. The summed E-state index contributed by atoms with van der Waals surface area (Å²) in [5, 5.41) is 0.638. The number of nitrogens with zero attached hydrogens (tertiary/aromatic N) is 2. The first kappa shape index (κ1) is 13.5. The van der Waals surface area contributed by atoms with Crippen molar-refractivity contribution >= 4 is 23.3 Å². The highest BCUT2D eigenvalue weighted by Gasteiger charge is 2.18. The number of furan rings is 1. The van der Waals surface area contributed by atoms with Gasteiger partial charge in [-0.15, -0.1) is 0 Å². The van der Waals surface area contributed by atoms with Gasteiger partial charge < -0.3 is 9.32 Å². The number of carbonyl (C=O) groups excluding carboxylic acids is 1. The largest absolute Gasteiger partial charge is 0.467 e. The minimum atomic E-state index is -0.112. The molecule has 0 saturated heterocycles. The number of hydrogen-bond donors (Lipinski definition) is 0. The molecule has 100 valence electrons. The summed E-state index contributed by atoms with van der Waals surface area (Å²) < 4.78 is 5.30. The van der Waals surface area contributed by atoms with Gasteiger partial charge >= 0.3 is 6.03 Å². The number of halogens is 1. The van der Waals surface area contributed by atoms with Crippen molar-refractivity contribution in [2.24, 2.45) is 0 Å². The Hall–Kier alpha value is -1.94. The molecule has 19 heavy (non-hydrogen) atoms. The maximum Gasteiger partial charge on any atom is 0.324 e. The highest BCUT2D eigenvalue weighted by Crippen LogP contribution is 2.21. The monoisotopic (exact) mass is 278 g/mol. The third kappa shape index (κ3) is 3.29. The second kappa shape index (κ2) is 5.80. The molecule has 0 bridgehead atoms. The van der Waals surface area contributed by atoms with Gasteiger partial charge in [0.05, 0.1) is 12.8 Å². The SMILES string of the molecule is CN(C)C(=O)N(Cc1ccco1)c1ccc(Cl)cc1. The number of carbonyl (C=O) groups is 1. The Morgan fingerprint density at radius 1 is 1.21 bits per heavy atom. The van der Waals surface area contributed by atoms with Crippen LogP contribution in [0.2, 0.25) is 5.02 Å². The Morgan fingerprint density at radius 3 is 2.42 bits per heavy atom. The van der Waals surface area contributed by atoms with Gasteiger partial charge in [0.1, 0.15) is 5.76 Å². The van der Waals surface area contributed by atoms with Crippen LogP contribution in [-0.2, 0) is 6.54 Å². The van der Waals surface area contributed by atoms with Gasteiger partial charge in [-0.3, -0.25) is 4.90 Å². The van der Waals surface area contributed by atoms with E-state index in [1.807, 2.05) is 18.2 Å². The highest BCUT2D eigenvalue weighted by molar-refractivity contribution is 6.30. The van der Waals surface area contributed by atoms with E-state index >= 15 is 0 Å². The zero-order chi connectivity index (χ0) is 13.8. The van der Waals surface area contributed by atoms with Crippen molar-refractivity contribution in [3.05, 3.63) is 53.4 Å². The first-order valence-electron chi connectivity index (χ1n) is 5.84. The van der Waals surface area contributed by atoms with E-state index in [1.165, 1.54) is 4.90 Å². The van der Waals surface area contributed by atoms with Crippen LogP contribution in [0.5, 0.6) is 0 Å². The Morgan fingerprint density at radius 2 is 1.89 bits per heavy atom. The molecule has 0 aliphatic carbocycles. The van der Waals surface area contributed by atoms with Crippen molar-refractivity contribution in [3.8, 4) is 0 Å². The molecule has 1 aromatic carbocycles. The quantitative estimate of drug-likeness (QED) is 0.860. The molecule has 0 aliphatic heterocycles. The van der Waals surface area contributed by atoms with Gasteiger partial charge in [-0.2, -0.15) is 0 Å². The highest BCUT2D eigenvalue weighted by atomic mass is 35.5. The summed E-state index contributed by atoms with van der Waals surface area (Å²) >= 11 is 5.87. The molecule has 0 radical (unpaired) electrons. The zero-order valence-corrected chi connectivity index (χ0v) is 11.6. The van der Waals surface area contributed by atoms with Crippen LogP contribution in [0, 0.1) is 0 Å². The van der Waals surface area contributed by atoms with E-state index in [9.17, 15) is 4.79 Å². The summed E-state index contributed by atoms with van der Waals surface area (Å²) in [5.41, 5.74) is 0.777. The lowest BCUT2D eigenvalue weighted by Gasteiger charge is -2.25. The smallest absolute Gasteiger partial charge is 0.324 e. The molecule has 0 fully saturated rings. The molecule has 1 heterocycles. The average molecular weight is 279 g/mol.